The van der Waals surface area contributed by atoms with Crippen molar-refractivity contribution < 1.29 is 4.52 Å². The van der Waals surface area contributed by atoms with Crippen molar-refractivity contribution in [3.8, 4) is 0 Å². The van der Waals surface area contributed by atoms with E-state index in [-0.39, 0.29) is 10.7 Å². The van der Waals surface area contributed by atoms with E-state index in [1.54, 1.807) is 6.07 Å². The van der Waals surface area contributed by atoms with Gasteiger partial charge in [-0.25, -0.2) is 4.98 Å². The first kappa shape index (κ1) is 10.9. The number of rotatable bonds is 3. The summed E-state index contributed by atoms with van der Waals surface area (Å²) in [5.74, 6) is 1.25. The van der Waals surface area contributed by atoms with E-state index in [0.717, 1.165) is 0 Å². The van der Waals surface area contributed by atoms with Crippen molar-refractivity contribution in [2.75, 3.05) is 0 Å². The van der Waals surface area contributed by atoms with Gasteiger partial charge < -0.3 is 4.52 Å². The molecule has 0 atom stereocenters. The summed E-state index contributed by atoms with van der Waals surface area (Å²) in [6.07, 6.45) is 2.17. The average molecular weight is 240 g/mol. The number of hydrogen-bond donors (Lipinski definition) is 0. The lowest BCUT2D eigenvalue weighted by molar-refractivity contribution is 0.372. The van der Waals surface area contributed by atoms with Crippen molar-refractivity contribution in [3.63, 3.8) is 0 Å². The summed E-state index contributed by atoms with van der Waals surface area (Å²) in [6, 6.07) is 3.00. The monoisotopic (exact) mass is 239 g/mol. The smallest absolute Gasteiger partial charge is 0.255 e. The molecule has 2 aromatic rings. The molecule has 0 bridgehead atoms. The lowest BCUT2D eigenvalue weighted by Gasteiger charge is -2.08. The minimum absolute atomic E-state index is 0.187. The van der Waals surface area contributed by atoms with Crippen LogP contribution in [0.3, 0.4) is 0 Å². The Morgan fingerprint density at radius 2 is 2.38 bits per heavy atom. The highest BCUT2D eigenvalue weighted by Gasteiger charge is 2.08. The Morgan fingerprint density at radius 1 is 1.56 bits per heavy atom. The second kappa shape index (κ2) is 4.49. The van der Waals surface area contributed by atoms with Gasteiger partial charge in [-0.05, 0) is 0 Å². The van der Waals surface area contributed by atoms with Gasteiger partial charge in [-0.3, -0.25) is 9.36 Å². The van der Waals surface area contributed by atoms with E-state index < -0.39 is 0 Å². The van der Waals surface area contributed by atoms with Crippen molar-refractivity contribution in [1.82, 2.24) is 14.7 Å². The standard InChI is InChI=1S/C10H10ClN3O2/c1-2-9-13-8(11)5-10(15)14(9)6-7-3-4-12-16-7/h3-5H,2,6H2,1H3. The van der Waals surface area contributed by atoms with Gasteiger partial charge in [0.2, 0.25) is 0 Å². The fourth-order valence-corrected chi connectivity index (χ4v) is 1.63. The highest BCUT2D eigenvalue weighted by atomic mass is 35.5. The van der Waals surface area contributed by atoms with Crippen LogP contribution in [0.4, 0.5) is 0 Å². The summed E-state index contributed by atoms with van der Waals surface area (Å²) < 4.78 is 6.47. The van der Waals surface area contributed by atoms with Gasteiger partial charge in [0.05, 0.1) is 12.7 Å². The van der Waals surface area contributed by atoms with Crippen molar-refractivity contribution in [1.29, 1.82) is 0 Å². The second-order valence-electron chi connectivity index (χ2n) is 3.25. The first-order chi connectivity index (χ1) is 7.70. The molecule has 6 heteroatoms. The van der Waals surface area contributed by atoms with Crippen molar-refractivity contribution in [2.45, 2.75) is 19.9 Å². The van der Waals surface area contributed by atoms with E-state index in [4.69, 9.17) is 16.1 Å². The van der Waals surface area contributed by atoms with Crippen LogP contribution in [0.5, 0.6) is 0 Å². The second-order valence-corrected chi connectivity index (χ2v) is 3.64. The maximum atomic E-state index is 11.7. The summed E-state index contributed by atoms with van der Waals surface area (Å²) in [5, 5.41) is 3.80. The van der Waals surface area contributed by atoms with E-state index in [9.17, 15) is 4.79 Å². The predicted molar refractivity (Wildman–Crippen MR) is 58.5 cm³/mol. The molecule has 0 amide bonds. The Labute approximate surface area is 96.7 Å². The molecule has 16 heavy (non-hydrogen) atoms. The van der Waals surface area contributed by atoms with Crippen molar-refractivity contribution in [3.05, 3.63) is 45.4 Å². The lowest BCUT2D eigenvalue weighted by atomic mass is 10.3. The first-order valence-electron chi connectivity index (χ1n) is 4.86. The van der Waals surface area contributed by atoms with Crippen LogP contribution in [0.25, 0.3) is 0 Å². The molecule has 5 nitrogen and oxygen atoms in total. The third-order valence-electron chi connectivity index (χ3n) is 2.18. The van der Waals surface area contributed by atoms with Crippen LogP contribution in [0.1, 0.15) is 18.5 Å². The van der Waals surface area contributed by atoms with Crippen molar-refractivity contribution in [2.24, 2.45) is 0 Å². The summed E-state index contributed by atoms with van der Waals surface area (Å²) in [7, 11) is 0. The number of halogens is 1. The zero-order valence-electron chi connectivity index (χ0n) is 8.68. The van der Waals surface area contributed by atoms with E-state index in [0.29, 0.717) is 24.6 Å². The summed E-state index contributed by atoms with van der Waals surface area (Å²) in [5.41, 5.74) is -0.187. The Balaban J connectivity index is 2.43. The van der Waals surface area contributed by atoms with Crippen LogP contribution in [-0.4, -0.2) is 14.7 Å². The van der Waals surface area contributed by atoms with Crippen LogP contribution < -0.4 is 5.56 Å². The van der Waals surface area contributed by atoms with Gasteiger partial charge in [0.1, 0.15) is 11.0 Å². The summed E-state index contributed by atoms with van der Waals surface area (Å²) in [4.78, 5) is 15.8. The fraction of sp³-hybridized carbons (Fsp3) is 0.300. The summed E-state index contributed by atoms with van der Waals surface area (Å²) in [6.45, 7) is 2.24. The Bertz CT molecular complexity index is 533. The highest BCUT2D eigenvalue weighted by molar-refractivity contribution is 6.29. The predicted octanol–water partition coefficient (Wildman–Crippen LogP) is 1.50. The average Bonchev–Trinajstić information content (AvgIpc) is 2.74. The number of aromatic nitrogens is 3. The van der Waals surface area contributed by atoms with E-state index >= 15 is 0 Å². The molecule has 0 aromatic carbocycles. The molecule has 0 spiro atoms. The topological polar surface area (TPSA) is 60.9 Å². The minimum atomic E-state index is -0.187. The van der Waals surface area contributed by atoms with Gasteiger partial charge in [-0.1, -0.05) is 23.7 Å². The van der Waals surface area contributed by atoms with Gasteiger partial charge in [0.15, 0.2) is 5.76 Å². The van der Waals surface area contributed by atoms with E-state index in [1.807, 2.05) is 6.92 Å². The lowest BCUT2D eigenvalue weighted by Crippen LogP contribution is -2.24. The molecule has 2 heterocycles. The normalized spacial score (nSPS) is 10.6. The van der Waals surface area contributed by atoms with Crippen LogP contribution in [-0.2, 0) is 13.0 Å². The molecule has 0 aliphatic carbocycles. The Hall–Kier alpha value is -1.62. The van der Waals surface area contributed by atoms with E-state index in [1.165, 1.54) is 16.8 Å². The SMILES string of the molecule is CCc1nc(Cl)cc(=O)n1Cc1ccno1. The Kier molecular flexibility index (Phi) is 3.05. The van der Waals surface area contributed by atoms with Crippen LogP contribution in [0.2, 0.25) is 5.15 Å². The van der Waals surface area contributed by atoms with Gasteiger partial charge >= 0.3 is 0 Å². The van der Waals surface area contributed by atoms with Gasteiger partial charge in [0, 0.05) is 18.6 Å². The zero-order chi connectivity index (χ0) is 11.5. The minimum Gasteiger partial charge on any atom is -0.359 e. The maximum Gasteiger partial charge on any atom is 0.255 e. The molecule has 0 saturated carbocycles. The molecule has 2 aromatic heterocycles. The van der Waals surface area contributed by atoms with Gasteiger partial charge in [0.25, 0.3) is 5.56 Å². The van der Waals surface area contributed by atoms with Crippen molar-refractivity contribution >= 4 is 11.6 Å². The van der Waals surface area contributed by atoms with E-state index in [2.05, 4.69) is 10.1 Å². The number of hydrogen-bond acceptors (Lipinski definition) is 4. The largest absolute Gasteiger partial charge is 0.359 e. The summed E-state index contributed by atoms with van der Waals surface area (Å²) >= 11 is 5.72. The molecular formula is C10H10ClN3O2. The molecule has 2 rings (SSSR count). The Morgan fingerprint density at radius 3 is 3.00 bits per heavy atom. The highest BCUT2D eigenvalue weighted by Crippen LogP contribution is 2.06. The van der Waals surface area contributed by atoms with Gasteiger partial charge in [-0.15, -0.1) is 0 Å². The number of nitrogens with zero attached hydrogens (tertiary/aromatic N) is 3. The van der Waals surface area contributed by atoms with Crippen LogP contribution in [0, 0.1) is 0 Å². The fourth-order valence-electron chi connectivity index (χ4n) is 1.44. The molecule has 84 valence electrons. The maximum absolute atomic E-state index is 11.7. The third-order valence-corrected chi connectivity index (χ3v) is 2.37. The number of aryl methyl sites for hydroxylation is 1. The van der Waals surface area contributed by atoms with Gasteiger partial charge in [-0.2, -0.15) is 0 Å². The molecule has 0 N–H and O–H groups in total. The zero-order valence-corrected chi connectivity index (χ0v) is 9.44. The molecule has 0 radical (unpaired) electrons. The quantitative estimate of drug-likeness (QED) is 0.762. The molecule has 0 aliphatic heterocycles. The van der Waals surface area contributed by atoms with Crippen LogP contribution in [0.15, 0.2) is 27.6 Å². The molecule has 0 saturated heterocycles. The first-order valence-corrected chi connectivity index (χ1v) is 5.24. The van der Waals surface area contributed by atoms with Crippen LogP contribution >= 0.6 is 11.6 Å². The molecular weight excluding hydrogens is 230 g/mol. The molecule has 0 aliphatic rings. The molecule has 0 unspecified atom stereocenters. The molecule has 0 fully saturated rings. The third kappa shape index (κ3) is 2.14.